The average Bonchev–Trinajstić information content (AvgIpc) is 3.29. The molecule has 1 aliphatic carbocycles. The lowest BCUT2D eigenvalue weighted by molar-refractivity contribution is 0.450. The van der Waals surface area contributed by atoms with Crippen molar-refractivity contribution >= 4 is 0 Å². The van der Waals surface area contributed by atoms with Gasteiger partial charge >= 0.3 is 0 Å². The van der Waals surface area contributed by atoms with Crippen molar-refractivity contribution in [3.8, 4) is 62.1 Å². The third-order valence-corrected chi connectivity index (χ3v) is 13.3. The summed E-state index contributed by atoms with van der Waals surface area (Å²) in [7, 11) is 0. The SMILES string of the molecule is CC(C)(C)c1cc2c(O)c(c1)Cc1cc(-c3ccccc3)cc(c1O)Cc1cc(C(C)(C)C)cc(c1O)Cc1cc(-c3ccccc3)cc(c1O)Cc1cc(-c3ccccc3)cc(c1O)C2. The highest BCUT2D eigenvalue weighted by Crippen LogP contribution is 2.44. The number of aromatic hydroxyl groups is 5. The van der Waals surface area contributed by atoms with E-state index >= 15 is 0 Å². The Kier molecular flexibility index (Phi) is 11.5. The number of benzene rings is 8. The molecule has 0 saturated heterocycles. The van der Waals surface area contributed by atoms with Gasteiger partial charge in [0.15, 0.2) is 0 Å². The Bertz CT molecular complexity index is 2910. The van der Waals surface area contributed by atoms with E-state index in [4.69, 9.17) is 0 Å². The van der Waals surface area contributed by atoms with Gasteiger partial charge in [0.2, 0.25) is 0 Å². The first kappa shape index (κ1) is 44.0. The van der Waals surface area contributed by atoms with E-state index < -0.39 is 0 Å². The fourth-order valence-corrected chi connectivity index (χ4v) is 9.43. The topological polar surface area (TPSA) is 101 Å². The minimum absolute atomic E-state index is 0.0928. The van der Waals surface area contributed by atoms with Gasteiger partial charge in [-0.2, -0.15) is 0 Å². The predicted octanol–water partition coefficient (Wildman–Crippen LogP) is 14.1. The van der Waals surface area contributed by atoms with Crippen molar-refractivity contribution in [3.63, 3.8) is 0 Å². The maximum atomic E-state index is 12.4. The number of hydrogen-bond acceptors (Lipinski definition) is 5. The lowest BCUT2D eigenvalue weighted by Gasteiger charge is -2.24. The van der Waals surface area contributed by atoms with E-state index in [0.717, 1.165) is 44.5 Å². The zero-order valence-electron chi connectivity index (χ0n) is 38.7. The fraction of sp³-hybridized carbons (Fsp3) is 0.213. The molecule has 0 aliphatic heterocycles. The molecule has 0 atom stereocenters. The third kappa shape index (κ3) is 8.91. The second kappa shape index (κ2) is 17.3. The molecule has 332 valence electrons. The molecule has 0 amide bonds. The summed E-state index contributed by atoms with van der Waals surface area (Å²) in [4.78, 5) is 0. The van der Waals surface area contributed by atoms with E-state index in [0.29, 0.717) is 55.6 Å². The molecule has 5 heteroatoms. The van der Waals surface area contributed by atoms with Crippen LogP contribution in [0.4, 0.5) is 0 Å². The largest absolute Gasteiger partial charge is 0.507 e. The van der Waals surface area contributed by atoms with E-state index in [1.165, 1.54) is 0 Å². The molecule has 5 nitrogen and oxygen atoms in total. The van der Waals surface area contributed by atoms with Gasteiger partial charge in [0.05, 0.1) is 0 Å². The predicted molar refractivity (Wildman–Crippen MR) is 268 cm³/mol. The standard InChI is InChI=1S/C61H58O5/c1-60(2,3)53-33-49-29-45-24-40(37-16-10-7-11-17-37)22-43(55(45)62)28-44-23-41(38-18-12-8-13-19-38)25-46(56(44)63)30-50-34-54(61(4,5)6)36-52(59(50)66)32-48-27-42(39-20-14-9-15-21-39)26-47(57(48)64)31-51(35-53)58(49)65/h7-27,33-36,62-66H,28-32H2,1-6H3. The van der Waals surface area contributed by atoms with Crippen molar-refractivity contribution in [2.75, 3.05) is 0 Å². The van der Waals surface area contributed by atoms with Crippen molar-refractivity contribution in [3.05, 3.63) is 218 Å². The van der Waals surface area contributed by atoms with Crippen LogP contribution in [-0.4, -0.2) is 25.5 Å². The van der Waals surface area contributed by atoms with Gasteiger partial charge in [0, 0.05) is 32.1 Å². The molecule has 0 aromatic heterocycles. The Balaban J connectivity index is 1.35. The Labute approximate surface area is 389 Å². The highest BCUT2D eigenvalue weighted by atomic mass is 16.3. The molecule has 0 saturated carbocycles. The molecule has 0 fully saturated rings. The molecule has 8 aromatic rings. The Morgan fingerprint density at radius 1 is 0.258 bits per heavy atom. The van der Waals surface area contributed by atoms with E-state index in [1.54, 1.807) is 0 Å². The molecule has 66 heavy (non-hydrogen) atoms. The van der Waals surface area contributed by atoms with Crippen molar-refractivity contribution in [2.24, 2.45) is 0 Å². The summed E-state index contributed by atoms with van der Waals surface area (Å²) in [5.74, 6) is 0.495. The molecule has 5 N–H and O–H groups in total. The maximum absolute atomic E-state index is 12.4. The van der Waals surface area contributed by atoms with Crippen molar-refractivity contribution in [1.82, 2.24) is 0 Å². The Morgan fingerprint density at radius 2 is 0.439 bits per heavy atom. The number of fused-ring (bicyclic) bond motifs is 10. The van der Waals surface area contributed by atoms with Gasteiger partial charge in [-0.05, 0) is 147 Å². The van der Waals surface area contributed by atoms with Crippen LogP contribution in [0.1, 0.15) is 108 Å². The summed E-state index contributed by atoms with van der Waals surface area (Å²) in [6.07, 6.45) is 1.15. The van der Waals surface area contributed by atoms with E-state index in [2.05, 4.69) is 41.5 Å². The van der Waals surface area contributed by atoms with Crippen LogP contribution in [0.5, 0.6) is 28.7 Å². The minimum Gasteiger partial charge on any atom is -0.507 e. The molecule has 0 unspecified atom stereocenters. The third-order valence-electron chi connectivity index (χ3n) is 13.3. The molecule has 1 aliphatic rings. The van der Waals surface area contributed by atoms with Crippen LogP contribution in [0.15, 0.2) is 152 Å². The van der Waals surface area contributed by atoms with Crippen LogP contribution >= 0.6 is 0 Å². The Morgan fingerprint density at radius 3 is 0.621 bits per heavy atom. The van der Waals surface area contributed by atoms with E-state index in [9.17, 15) is 25.5 Å². The average molecular weight is 871 g/mol. The second-order valence-corrected chi connectivity index (χ2v) is 20.2. The van der Waals surface area contributed by atoms with Gasteiger partial charge < -0.3 is 25.5 Å². The quantitative estimate of drug-likeness (QED) is 0.122. The number of rotatable bonds is 3. The molecule has 9 rings (SSSR count). The first-order valence-corrected chi connectivity index (χ1v) is 22.9. The van der Waals surface area contributed by atoms with Crippen molar-refractivity contribution in [1.29, 1.82) is 0 Å². The van der Waals surface area contributed by atoms with Crippen LogP contribution < -0.4 is 0 Å². The van der Waals surface area contributed by atoms with Crippen molar-refractivity contribution < 1.29 is 25.5 Å². The first-order chi connectivity index (χ1) is 31.5. The van der Waals surface area contributed by atoms with E-state index in [1.807, 2.05) is 152 Å². The molecular formula is C61H58O5. The summed E-state index contributed by atoms with van der Waals surface area (Å²) >= 11 is 0. The summed E-state index contributed by atoms with van der Waals surface area (Å²) in [6, 6.07) is 50.3. The van der Waals surface area contributed by atoms with E-state index in [-0.39, 0.29) is 71.7 Å². The van der Waals surface area contributed by atoms with Crippen LogP contribution in [0.3, 0.4) is 0 Å². The lowest BCUT2D eigenvalue weighted by Crippen LogP contribution is -2.13. The van der Waals surface area contributed by atoms with Gasteiger partial charge in [-0.25, -0.2) is 0 Å². The molecule has 10 bridgehead atoms. The lowest BCUT2D eigenvalue weighted by atomic mass is 9.81. The van der Waals surface area contributed by atoms with Crippen LogP contribution in [0.25, 0.3) is 33.4 Å². The van der Waals surface area contributed by atoms with Crippen LogP contribution in [0.2, 0.25) is 0 Å². The van der Waals surface area contributed by atoms with Crippen LogP contribution in [-0.2, 0) is 42.9 Å². The monoisotopic (exact) mass is 870 g/mol. The molecule has 0 radical (unpaired) electrons. The molecule has 0 spiro atoms. The van der Waals surface area contributed by atoms with Gasteiger partial charge in [0.1, 0.15) is 28.7 Å². The summed E-state index contributed by atoms with van der Waals surface area (Å²) in [5.41, 5.74) is 13.5. The Hall–Kier alpha value is -7.24. The zero-order valence-corrected chi connectivity index (χ0v) is 38.7. The van der Waals surface area contributed by atoms with Gasteiger partial charge in [-0.1, -0.05) is 157 Å². The molecule has 8 aromatic carbocycles. The normalized spacial score (nSPS) is 13.0. The number of phenols is 5. The molecule has 0 heterocycles. The van der Waals surface area contributed by atoms with Gasteiger partial charge in [-0.3, -0.25) is 0 Å². The van der Waals surface area contributed by atoms with Crippen molar-refractivity contribution in [2.45, 2.75) is 84.5 Å². The fourth-order valence-electron chi connectivity index (χ4n) is 9.43. The summed E-state index contributed by atoms with van der Waals surface area (Å²) in [5, 5.41) is 62.0. The van der Waals surface area contributed by atoms with Crippen LogP contribution in [0, 0.1) is 0 Å². The highest BCUT2D eigenvalue weighted by molar-refractivity contribution is 5.72. The zero-order chi connectivity index (χ0) is 46.5. The number of hydrogen-bond donors (Lipinski definition) is 5. The summed E-state index contributed by atoms with van der Waals surface area (Å²) < 4.78 is 0. The second-order valence-electron chi connectivity index (χ2n) is 20.2. The minimum atomic E-state index is -0.296. The highest BCUT2D eigenvalue weighted by Gasteiger charge is 2.26. The molecular weight excluding hydrogens is 813 g/mol. The maximum Gasteiger partial charge on any atom is 0.122 e. The number of phenolic OH excluding ortho intramolecular Hbond substituents is 5. The van der Waals surface area contributed by atoms with Gasteiger partial charge in [0.25, 0.3) is 0 Å². The first-order valence-electron chi connectivity index (χ1n) is 22.9. The smallest absolute Gasteiger partial charge is 0.122 e. The summed E-state index contributed by atoms with van der Waals surface area (Å²) in [6.45, 7) is 12.9. The van der Waals surface area contributed by atoms with Gasteiger partial charge in [-0.15, -0.1) is 0 Å².